The van der Waals surface area contributed by atoms with Crippen LogP contribution in [0.4, 0.5) is 0 Å². The maximum absolute atomic E-state index is 3.50. The third-order valence-electron chi connectivity index (χ3n) is 3.62. The van der Waals surface area contributed by atoms with Gasteiger partial charge in [0.15, 0.2) is 0 Å². The van der Waals surface area contributed by atoms with Gasteiger partial charge in [0.25, 0.3) is 0 Å². The monoisotopic (exact) mass is 322 g/mol. The van der Waals surface area contributed by atoms with Gasteiger partial charge < -0.3 is 0 Å². The Kier molecular flexibility index (Phi) is 4.95. The first-order chi connectivity index (χ1) is 8.17. The minimum absolute atomic E-state index is 1.29. The quantitative estimate of drug-likeness (QED) is 0.576. The summed E-state index contributed by atoms with van der Waals surface area (Å²) in [4.78, 5) is 3.50. The van der Waals surface area contributed by atoms with E-state index >= 15 is 0 Å². The molecule has 0 bridgehead atoms. The Morgan fingerprint density at radius 3 is 2.18 bits per heavy atom. The second-order valence-corrected chi connectivity index (χ2v) is 16.3. The van der Waals surface area contributed by atoms with Crippen LogP contribution in [-0.2, 0) is 13.6 Å². The van der Waals surface area contributed by atoms with E-state index in [1.807, 2.05) is 0 Å². The molecular weight excluding hydrogens is 295 g/mol. The summed E-state index contributed by atoms with van der Waals surface area (Å²) in [6.07, 6.45) is 8.59. The van der Waals surface area contributed by atoms with Crippen LogP contribution < -0.4 is 4.29 Å². The summed E-state index contributed by atoms with van der Waals surface area (Å²) < 4.78 is 4.07. The second kappa shape index (κ2) is 5.82. The third-order valence-corrected chi connectivity index (χ3v) is 17.7. The molecule has 1 aromatic heterocycles. The molecule has 1 nitrogen and oxygen atoms in total. The third kappa shape index (κ3) is 2.47. The topological polar surface area (TPSA) is 15.8 Å². The Labute approximate surface area is 107 Å². The zero-order valence-electron chi connectivity index (χ0n) is 11.5. The van der Waals surface area contributed by atoms with Crippen molar-refractivity contribution in [3.05, 3.63) is 41.2 Å². The number of allylic oxidation sites excluding steroid dienone is 3. The molecule has 0 spiro atoms. The number of aromatic amines is 1. The van der Waals surface area contributed by atoms with E-state index in [1.54, 1.807) is 0 Å². The fourth-order valence-electron chi connectivity index (χ4n) is 2.18. The van der Waals surface area contributed by atoms with E-state index in [9.17, 15) is 0 Å². The van der Waals surface area contributed by atoms with E-state index in [2.05, 4.69) is 73.9 Å². The summed E-state index contributed by atoms with van der Waals surface area (Å²) in [6, 6.07) is 4.43. The van der Waals surface area contributed by atoms with Crippen molar-refractivity contribution in [2.45, 2.75) is 42.7 Å². The van der Waals surface area contributed by atoms with Gasteiger partial charge in [-0.3, -0.25) is 0 Å². The molecule has 0 aliphatic rings. The Morgan fingerprint density at radius 2 is 1.76 bits per heavy atom. The van der Waals surface area contributed by atoms with Crippen LogP contribution in [0.25, 0.3) is 0 Å². The Morgan fingerprint density at radius 1 is 1.12 bits per heavy atom. The van der Waals surface area contributed by atoms with E-state index in [0.717, 1.165) is 0 Å². The first-order valence-corrected chi connectivity index (χ1v) is 11.9. The van der Waals surface area contributed by atoms with Crippen molar-refractivity contribution in [2.75, 3.05) is 0 Å². The first-order valence-electron chi connectivity index (χ1n) is 6.32. The fourth-order valence-corrected chi connectivity index (χ4v) is 11.2. The van der Waals surface area contributed by atoms with Crippen molar-refractivity contribution >= 4 is 4.29 Å². The zero-order valence-corrected chi connectivity index (χ0v) is 13.3. The zero-order chi connectivity index (χ0) is 12.8. The number of hydrogen-bond donors (Lipinski definition) is 1. The van der Waals surface area contributed by atoms with Crippen LogP contribution in [0.1, 0.15) is 27.7 Å². The summed E-state index contributed by atoms with van der Waals surface area (Å²) in [5.74, 6) is 0. The minimum atomic E-state index is -2.49. The van der Waals surface area contributed by atoms with E-state index < -0.39 is 13.6 Å². The van der Waals surface area contributed by atoms with E-state index in [4.69, 9.17) is 0 Å². The number of H-pyrrole nitrogens is 1. The molecule has 0 aromatic carbocycles. The predicted octanol–water partition coefficient (Wildman–Crippen LogP) is 4.73. The van der Waals surface area contributed by atoms with E-state index in [1.165, 1.54) is 19.3 Å². The van der Waals surface area contributed by atoms with Crippen LogP contribution in [0.5, 0.6) is 0 Å². The molecule has 99 valence electrons. The van der Waals surface area contributed by atoms with Crippen molar-refractivity contribution < 1.29 is 13.6 Å². The molecule has 0 unspecified atom stereocenters. The normalized spacial score (nSPS) is 15.4. The summed E-state index contributed by atoms with van der Waals surface area (Å²) in [5.41, 5.74) is 0. The molecule has 0 aliphatic carbocycles. The van der Waals surface area contributed by atoms with Crippen LogP contribution in [0, 0.1) is 0 Å². The van der Waals surface area contributed by atoms with Gasteiger partial charge in [0.1, 0.15) is 0 Å². The molecule has 0 radical (unpaired) electrons. The van der Waals surface area contributed by atoms with Gasteiger partial charge in [-0.1, -0.05) is 0 Å². The van der Waals surface area contributed by atoms with E-state index in [0.29, 0.717) is 0 Å². The van der Waals surface area contributed by atoms with Crippen molar-refractivity contribution in [1.82, 2.24) is 4.98 Å². The van der Waals surface area contributed by atoms with Gasteiger partial charge in [-0.15, -0.1) is 0 Å². The SMILES string of the molecule is CC=CC=[CH][Ru]([CH2]C)([CH2]C)([CH2]C)[c]1ccc[nH]1. The number of aromatic nitrogens is 1. The molecule has 0 atom stereocenters. The van der Waals surface area contributed by atoms with Crippen LogP contribution in [0.3, 0.4) is 0 Å². The van der Waals surface area contributed by atoms with Gasteiger partial charge in [-0.2, -0.15) is 0 Å². The van der Waals surface area contributed by atoms with Gasteiger partial charge in [-0.05, 0) is 0 Å². The molecule has 0 saturated carbocycles. The van der Waals surface area contributed by atoms with Gasteiger partial charge in [0, 0.05) is 0 Å². The van der Waals surface area contributed by atoms with Crippen molar-refractivity contribution in [1.29, 1.82) is 0 Å². The molecule has 1 aromatic rings. The molecule has 1 heterocycles. The summed E-state index contributed by atoms with van der Waals surface area (Å²) in [5, 5.41) is 3.87. The van der Waals surface area contributed by atoms with Crippen molar-refractivity contribution in [3.63, 3.8) is 0 Å². The Hall–Kier alpha value is -0.617. The predicted molar refractivity (Wildman–Crippen MR) is 75.8 cm³/mol. The van der Waals surface area contributed by atoms with Crippen LogP contribution in [-0.4, -0.2) is 4.98 Å². The van der Waals surface area contributed by atoms with Crippen LogP contribution in [0.2, 0.25) is 15.0 Å². The molecule has 0 aliphatic heterocycles. The van der Waals surface area contributed by atoms with Gasteiger partial charge in [0.05, 0.1) is 0 Å². The average molecular weight is 321 g/mol. The van der Waals surface area contributed by atoms with Gasteiger partial charge in [-0.25, -0.2) is 0 Å². The molecule has 0 saturated heterocycles. The van der Waals surface area contributed by atoms with Gasteiger partial charge >= 0.3 is 107 Å². The standard InChI is InChI=1S/C5H7.C4H4N.3C2H5.Ru/c1-3-5-4-2;1-2-4-5-3-1;3*1-2;/h1,3-5H,2H3;1-3,5H;3*1H2,2H3;. The second-order valence-electron chi connectivity index (χ2n) is 4.03. The molecular formula is C15H26NRu. The van der Waals surface area contributed by atoms with Crippen molar-refractivity contribution in [3.8, 4) is 0 Å². The van der Waals surface area contributed by atoms with Gasteiger partial charge in [0.2, 0.25) is 0 Å². The molecule has 0 amide bonds. The number of rotatable bonds is 6. The number of hydrogen-bond acceptors (Lipinski definition) is 0. The number of nitrogens with one attached hydrogen (secondary N) is 1. The summed E-state index contributed by atoms with van der Waals surface area (Å²) in [6.45, 7) is 9.15. The average Bonchev–Trinajstić information content (AvgIpc) is 2.91. The molecule has 2 heteroatoms. The first kappa shape index (κ1) is 14.4. The fraction of sp³-hybridized carbons (Fsp3) is 0.467. The Balaban J connectivity index is 3.34. The summed E-state index contributed by atoms with van der Waals surface area (Å²) >= 11 is -2.49. The molecule has 17 heavy (non-hydrogen) atoms. The maximum atomic E-state index is 3.50. The molecule has 1 rings (SSSR count). The molecule has 1 N–H and O–H groups in total. The van der Waals surface area contributed by atoms with Crippen LogP contribution >= 0.6 is 0 Å². The van der Waals surface area contributed by atoms with E-state index in [-0.39, 0.29) is 0 Å². The summed E-state index contributed by atoms with van der Waals surface area (Å²) in [7, 11) is 0. The van der Waals surface area contributed by atoms with Crippen LogP contribution in [0.15, 0.2) is 41.2 Å². The Bertz CT molecular complexity index is 372. The van der Waals surface area contributed by atoms with Crippen molar-refractivity contribution in [2.24, 2.45) is 0 Å². The molecule has 0 fully saturated rings.